The van der Waals surface area contributed by atoms with E-state index in [-0.39, 0.29) is 11.2 Å². The van der Waals surface area contributed by atoms with Gasteiger partial charge in [0, 0.05) is 22.0 Å². The Morgan fingerprint density at radius 2 is 2.05 bits per heavy atom. The van der Waals surface area contributed by atoms with Gasteiger partial charge in [-0.05, 0) is 19.1 Å². The summed E-state index contributed by atoms with van der Waals surface area (Å²) in [6.45, 7) is 2.12. The Hall–Kier alpha value is -1.85. The van der Waals surface area contributed by atoms with E-state index in [1.807, 2.05) is 18.2 Å². The Morgan fingerprint density at radius 3 is 2.75 bits per heavy atom. The first kappa shape index (κ1) is 13.1. The number of nitrogens with one attached hydrogen (secondary N) is 1. The fourth-order valence-electron chi connectivity index (χ4n) is 2.12. The fraction of sp³-hybridized carbons (Fsp3) is 0.143. The minimum atomic E-state index is -0.381. The molecule has 2 aromatic heterocycles. The lowest BCUT2D eigenvalue weighted by Crippen LogP contribution is -2.33. The summed E-state index contributed by atoms with van der Waals surface area (Å²) in [5.74, 6) is 0. The van der Waals surface area contributed by atoms with E-state index in [1.165, 1.54) is 15.9 Å². The molecule has 3 aromatic rings. The number of aromatic amines is 1. The van der Waals surface area contributed by atoms with Crippen molar-refractivity contribution in [3.63, 3.8) is 0 Å². The van der Waals surface area contributed by atoms with Crippen LogP contribution in [0, 0.1) is 0 Å². The predicted octanol–water partition coefficient (Wildman–Crippen LogP) is 3.09. The number of aromatic nitrogens is 2. The van der Waals surface area contributed by atoms with Crippen LogP contribution in [0.15, 0.2) is 39.9 Å². The molecule has 0 aliphatic carbocycles. The largest absolute Gasteiger partial charge is 0.328 e. The molecule has 102 valence electrons. The summed E-state index contributed by atoms with van der Waals surface area (Å²) < 4.78 is 1.73. The van der Waals surface area contributed by atoms with E-state index < -0.39 is 0 Å². The molecule has 0 atom stereocenters. The molecule has 0 fully saturated rings. The number of halogens is 1. The topological polar surface area (TPSA) is 54.9 Å². The summed E-state index contributed by atoms with van der Waals surface area (Å²) in [4.78, 5) is 27.6. The molecular weight excluding hydrogens is 296 g/mol. The zero-order valence-electron chi connectivity index (χ0n) is 10.6. The van der Waals surface area contributed by atoms with E-state index in [9.17, 15) is 9.59 Å². The van der Waals surface area contributed by atoms with Gasteiger partial charge < -0.3 is 4.98 Å². The van der Waals surface area contributed by atoms with Gasteiger partial charge in [-0.25, -0.2) is 4.79 Å². The molecule has 0 unspecified atom stereocenters. The molecule has 0 bridgehead atoms. The Morgan fingerprint density at radius 1 is 1.30 bits per heavy atom. The average molecular weight is 307 g/mol. The van der Waals surface area contributed by atoms with Crippen LogP contribution in [0.3, 0.4) is 0 Å². The first-order chi connectivity index (χ1) is 9.61. The van der Waals surface area contributed by atoms with E-state index in [1.54, 1.807) is 19.1 Å². The van der Waals surface area contributed by atoms with Crippen molar-refractivity contribution in [2.24, 2.45) is 0 Å². The van der Waals surface area contributed by atoms with Gasteiger partial charge in [-0.2, -0.15) is 0 Å². The van der Waals surface area contributed by atoms with Gasteiger partial charge in [-0.15, -0.1) is 11.3 Å². The second kappa shape index (κ2) is 4.92. The Labute approximate surface area is 123 Å². The molecule has 0 radical (unpaired) electrons. The number of nitrogens with zero attached hydrogens (tertiary/aromatic N) is 1. The van der Waals surface area contributed by atoms with Gasteiger partial charge in [0.1, 0.15) is 4.70 Å². The van der Waals surface area contributed by atoms with E-state index in [0.717, 1.165) is 10.4 Å². The number of H-pyrrole nitrogens is 1. The molecule has 1 aromatic carbocycles. The van der Waals surface area contributed by atoms with Crippen molar-refractivity contribution in [3.8, 4) is 10.4 Å². The third-order valence-corrected chi connectivity index (χ3v) is 4.60. The second-order valence-corrected chi connectivity index (χ2v) is 5.77. The minimum absolute atomic E-state index is 0.255. The lowest BCUT2D eigenvalue weighted by Gasteiger charge is -1.98. The van der Waals surface area contributed by atoms with Crippen LogP contribution in [0.1, 0.15) is 6.92 Å². The predicted molar refractivity (Wildman–Crippen MR) is 82.8 cm³/mol. The number of rotatable bonds is 2. The first-order valence-electron chi connectivity index (χ1n) is 6.13. The molecule has 20 heavy (non-hydrogen) atoms. The monoisotopic (exact) mass is 306 g/mol. The van der Waals surface area contributed by atoms with Crippen LogP contribution >= 0.6 is 22.9 Å². The summed E-state index contributed by atoms with van der Waals surface area (Å²) in [7, 11) is 0. The molecule has 0 aliphatic rings. The summed E-state index contributed by atoms with van der Waals surface area (Å²) in [6, 6.07) is 9.23. The lowest BCUT2D eigenvalue weighted by molar-refractivity contribution is 0.685. The van der Waals surface area contributed by atoms with Crippen LogP contribution in [0.25, 0.3) is 20.7 Å². The van der Waals surface area contributed by atoms with Crippen LogP contribution in [0.5, 0.6) is 0 Å². The van der Waals surface area contributed by atoms with E-state index in [2.05, 4.69) is 4.98 Å². The van der Waals surface area contributed by atoms with Crippen molar-refractivity contribution in [2.75, 3.05) is 0 Å². The molecular formula is C14H11ClN2O2S. The number of benzene rings is 1. The van der Waals surface area contributed by atoms with E-state index in [4.69, 9.17) is 11.6 Å². The van der Waals surface area contributed by atoms with Crippen molar-refractivity contribution in [1.29, 1.82) is 0 Å². The molecule has 3 rings (SSSR count). The van der Waals surface area contributed by atoms with Gasteiger partial charge in [0.25, 0.3) is 5.56 Å². The maximum atomic E-state index is 12.2. The van der Waals surface area contributed by atoms with Gasteiger partial charge in [0.2, 0.25) is 0 Å². The maximum absolute atomic E-state index is 12.2. The van der Waals surface area contributed by atoms with E-state index in [0.29, 0.717) is 21.8 Å². The van der Waals surface area contributed by atoms with E-state index >= 15 is 0 Å². The number of hydrogen-bond donors (Lipinski definition) is 1. The molecule has 4 nitrogen and oxygen atoms in total. The Balaban J connectivity index is 2.32. The lowest BCUT2D eigenvalue weighted by atomic mass is 10.2. The van der Waals surface area contributed by atoms with Crippen LogP contribution in [0.2, 0.25) is 5.02 Å². The average Bonchev–Trinajstić information content (AvgIpc) is 2.83. The molecule has 2 heterocycles. The zero-order chi connectivity index (χ0) is 14.3. The molecule has 1 N–H and O–H groups in total. The van der Waals surface area contributed by atoms with Gasteiger partial charge in [0.15, 0.2) is 0 Å². The SMILES string of the molecule is CCn1c(=O)[nH]c2cc(-c3ccccc3Cl)sc2c1=O. The Bertz CT molecular complexity index is 907. The smallest absolute Gasteiger partial charge is 0.306 e. The standard InChI is InChI=1S/C14H11ClN2O2S/c1-2-17-13(18)12-10(16-14(17)19)7-11(20-12)8-5-3-4-6-9(8)15/h3-7H,2H2,1H3,(H,16,19). The molecule has 0 spiro atoms. The van der Waals surface area contributed by atoms with Crippen LogP contribution in [0.4, 0.5) is 0 Å². The highest BCUT2D eigenvalue weighted by molar-refractivity contribution is 7.22. The highest BCUT2D eigenvalue weighted by Gasteiger charge is 2.12. The van der Waals surface area contributed by atoms with Gasteiger partial charge >= 0.3 is 5.69 Å². The van der Waals surface area contributed by atoms with Crippen LogP contribution < -0.4 is 11.2 Å². The van der Waals surface area contributed by atoms with Crippen LogP contribution in [-0.4, -0.2) is 9.55 Å². The quantitative estimate of drug-likeness (QED) is 0.791. The summed E-state index contributed by atoms with van der Waals surface area (Å²) in [5, 5.41) is 0.622. The molecule has 0 saturated heterocycles. The van der Waals surface area contributed by atoms with Crippen LogP contribution in [-0.2, 0) is 6.54 Å². The zero-order valence-corrected chi connectivity index (χ0v) is 12.2. The Kier molecular flexibility index (Phi) is 3.23. The second-order valence-electron chi connectivity index (χ2n) is 4.31. The van der Waals surface area contributed by atoms with Gasteiger partial charge in [-0.3, -0.25) is 9.36 Å². The highest BCUT2D eigenvalue weighted by atomic mass is 35.5. The summed E-state index contributed by atoms with van der Waals surface area (Å²) in [6.07, 6.45) is 0. The third kappa shape index (κ3) is 1.99. The molecule has 0 aliphatic heterocycles. The van der Waals surface area contributed by atoms with Crippen molar-refractivity contribution in [3.05, 3.63) is 56.2 Å². The van der Waals surface area contributed by atoms with Crippen molar-refractivity contribution in [2.45, 2.75) is 13.5 Å². The number of fused-ring (bicyclic) bond motifs is 1. The maximum Gasteiger partial charge on any atom is 0.328 e. The minimum Gasteiger partial charge on any atom is -0.306 e. The van der Waals surface area contributed by atoms with Crippen molar-refractivity contribution in [1.82, 2.24) is 9.55 Å². The first-order valence-corrected chi connectivity index (χ1v) is 7.33. The molecule has 0 amide bonds. The summed E-state index contributed by atoms with van der Waals surface area (Å²) >= 11 is 7.51. The molecule has 0 saturated carbocycles. The van der Waals surface area contributed by atoms with Crippen molar-refractivity contribution >= 4 is 33.2 Å². The van der Waals surface area contributed by atoms with Gasteiger partial charge in [-0.1, -0.05) is 29.8 Å². The molecule has 6 heteroatoms. The number of thiophene rings is 1. The number of hydrogen-bond acceptors (Lipinski definition) is 3. The fourth-order valence-corrected chi connectivity index (χ4v) is 3.52. The normalized spacial score (nSPS) is 11.1. The highest BCUT2D eigenvalue weighted by Crippen LogP contribution is 2.34. The summed E-state index contributed by atoms with van der Waals surface area (Å²) in [5.41, 5.74) is 0.784. The van der Waals surface area contributed by atoms with Gasteiger partial charge in [0.05, 0.1) is 5.52 Å². The third-order valence-electron chi connectivity index (χ3n) is 3.11. The van der Waals surface area contributed by atoms with Crippen molar-refractivity contribution < 1.29 is 0 Å².